The van der Waals surface area contributed by atoms with E-state index in [-0.39, 0.29) is 18.4 Å². The second-order valence-corrected chi connectivity index (χ2v) is 6.66. The van der Waals surface area contributed by atoms with Crippen LogP contribution in [0.5, 0.6) is 0 Å². The average molecular weight is 358 g/mol. The van der Waals surface area contributed by atoms with E-state index in [4.69, 9.17) is 27.9 Å². The monoisotopic (exact) mass is 357 g/mol. The van der Waals surface area contributed by atoms with Crippen LogP contribution in [-0.2, 0) is 16.0 Å². The zero-order chi connectivity index (χ0) is 15.9. The third-order valence-corrected chi connectivity index (χ3v) is 4.78. The fourth-order valence-corrected chi connectivity index (χ4v) is 3.40. The van der Waals surface area contributed by atoms with Gasteiger partial charge in [0, 0.05) is 27.5 Å². The van der Waals surface area contributed by atoms with Crippen molar-refractivity contribution in [2.45, 2.75) is 18.9 Å². The van der Waals surface area contributed by atoms with Crippen LogP contribution in [0, 0.1) is 0 Å². The van der Waals surface area contributed by atoms with Crippen LogP contribution >= 0.6 is 34.5 Å². The van der Waals surface area contributed by atoms with E-state index in [2.05, 4.69) is 16.8 Å². The Morgan fingerprint density at radius 1 is 1.36 bits per heavy atom. The molecule has 0 unspecified atom stereocenters. The maximum atomic E-state index is 11.6. The fraction of sp³-hybridized carbons (Fsp3) is 0.312. The summed E-state index contributed by atoms with van der Waals surface area (Å²) in [6.07, 6.45) is 1.13. The van der Waals surface area contributed by atoms with Gasteiger partial charge in [-0.3, -0.25) is 4.79 Å². The van der Waals surface area contributed by atoms with Gasteiger partial charge in [-0.25, -0.2) is 0 Å². The van der Waals surface area contributed by atoms with Crippen LogP contribution < -0.4 is 5.32 Å². The van der Waals surface area contributed by atoms with Gasteiger partial charge in [-0.15, -0.1) is 11.3 Å². The molecule has 0 aliphatic rings. The molecule has 0 radical (unpaired) electrons. The Kier molecular flexibility index (Phi) is 6.70. The molecule has 0 aliphatic carbocycles. The molecule has 2 aromatic rings. The number of methoxy groups -OCH3 is 1. The number of rotatable bonds is 7. The molecular formula is C16H17Cl2NO2S. The van der Waals surface area contributed by atoms with Gasteiger partial charge in [-0.1, -0.05) is 35.3 Å². The molecule has 0 saturated carbocycles. The van der Waals surface area contributed by atoms with Gasteiger partial charge in [0.1, 0.15) is 0 Å². The first-order valence-electron chi connectivity index (χ1n) is 6.87. The van der Waals surface area contributed by atoms with Gasteiger partial charge >= 0.3 is 5.97 Å². The third kappa shape index (κ3) is 4.99. The molecular weight excluding hydrogens is 341 g/mol. The Labute approximate surface area is 144 Å². The highest BCUT2D eigenvalue weighted by atomic mass is 35.5. The summed E-state index contributed by atoms with van der Waals surface area (Å²) in [4.78, 5) is 12.9. The fourth-order valence-electron chi connectivity index (χ4n) is 2.15. The molecule has 118 valence electrons. The van der Waals surface area contributed by atoms with Crippen molar-refractivity contribution in [2.24, 2.45) is 0 Å². The Bertz CT molecular complexity index is 617. The molecule has 0 fully saturated rings. The highest BCUT2D eigenvalue weighted by Crippen LogP contribution is 2.28. The topological polar surface area (TPSA) is 38.3 Å². The van der Waals surface area contributed by atoms with Gasteiger partial charge in [0.05, 0.1) is 13.5 Å². The number of carbonyl (C=O) groups excluding carboxylic acids is 1. The van der Waals surface area contributed by atoms with Gasteiger partial charge in [0.2, 0.25) is 0 Å². The molecule has 2 rings (SSSR count). The summed E-state index contributed by atoms with van der Waals surface area (Å²) < 4.78 is 4.77. The van der Waals surface area contributed by atoms with Crippen LogP contribution in [0.25, 0.3) is 0 Å². The summed E-state index contributed by atoms with van der Waals surface area (Å²) in [5.41, 5.74) is 0.850. The van der Waals surface area contributed by atoms with Crippen molar-refractivity contribution in [1.82, 2.24) is 5.32 Å². The summed E-state index contributed by atoms with van der Waals surface area (Å²) >= 11 is 13.9. The average Bonchev–Trinajstić information content (AvgIpc) is 2.99. The number of nitrogens with one attached hydrogen (secondary N) is 1. The molecule has 0 aliphatic heterocycles. The largest absolute Gasteiger partial charge is 0.469 e. The molecule has 0 spiro atoms. The first kappa shape index (κ1) is 17.3. The second-order valence-electron chi connectivity index (χ2n) is 4.78. The van der Waals surface area contributed by atoms with Crippen LogP contribution in [0.1, 0.15) is 22.9 Å². The zero-order valence-corrected chi connectivity index (χ0v) is 14.5. The molecule has 1 aromatic heterocycles. The maximum absolute atomic E-state index is 11.6. The van der Waals surface area contributed by atoms with E-state index < -0.39 is 0 Å². The summed E-state index contributed by atoms with van der Waals surface area (Å²) in [7, 11) is 1.38. The van der Waals surface area contributed by atoms with E-state index >= 15 is 0 Å². The number of thiophene rings is 1. The molecule has 1 aromatic carbocycles. The van der Waals surface area contributed by atoms with Gasteiger partial charge in [-0.2, -0.15) is 0 Å². The first-order valence-corrected chi connectivity index (χ1v) is 8.51. The number of halogens is 2. The van der Waals surface area contributed by atoms with Crippen LogP contribution in [0.2, 0.25) is 10.0 Å². The van der Waals surface area contributed by atoms with Crippen molar-refractivity contribution in [1.29, 1.82) is 0 Å². The SMILES string of the molecule is COC(=O)C[C@@H](NCCc1cccs1)c1ccc(Cl)cc1Cl. The van der Waals surface area contributed by atoms with Crippen LogP contribution in [0.4, 0.5) is 0 Å². The van der Waals surface area contributed by atoms with Crippen molar-refractivity contribution >= 4 is 40.5 Å². The van der Waals surface area contributed by atoms with E-state index in [9.17, 15) is 4.79 Å². The highest BCUT2D eigenvalue weighted by Gasteiger charge is 2.18. The van der Waals surface area contributed by atoms with E-state index in [0.717, 1.165) is 18.5 Å². The smallest absolute Gasteiger partial charge is 0.307 e. The lowest BCUT2D eigenvalue weighted by Gasteiger charge is -2.19. The third-order valence-electron chi connectivity index (χ3n) is 3.28. The minimum atomic E-state index is -0.278. The number of hydrogen-bond donors (Lipinski definition) is 1. The quantitative estimate of drug-likeness (QED) is 0.741. The summed E-state index contributed by atoms with van der Waals surface area (Å²) in [6.45, 7) is 0.751. The number of carbonyl (C=O) groups is 1. The van der Waals surface area contributed by atoms with Crippen molar-refractivity contribution in [3.63, 3.8) is 0 Å². The minimum absolute atomic E-state index is 0.197. The molecule has 0 saturated heterocycles. The van der Waals surface area contributed by atoms with Crippen LogP contribution in [-0.4, -0.2) is 19.6 Å². The Balaban J connectivity index is 2.06. The Morgan fingerprint density at radius 3 is 2.82 bits per heavy atom. The standard InChI is InChI=1S/C16H17Cl2NO2S/c1-21-16(20)10-15(13-5-4-11(17)9-14(13)18)19-7-6-12-3-2-8-22-12/h2-5,8-9,15,19H,6-7,10H2,1H3/t15-/m1/s1. The zero-order valence-electron chi connectivity index (χ0n) is 12.1. The van der Waals surface area contributed by atoms with Gasteiger partial charge in [0.15, 0.2) is 0 Å². The lowest BCUT2D eigenvalue weighted by molar-refractivity contribution is -0.141. The number of hydrogen-bond acceptors (Lipinski definition) is 4. The van der Waals surface area contributed by atoms with E-state index in [1.807, 2.05) is 12.1 Å². The first-order chi connectivity index (χ1) is 10.6. The van der Waals surface area contributed by atoms with Crippen LogP contribution in [0.3, 0.4) is 0 Å². The van der Waals surface area contributed by atoms with Gasteiger partial charge in [0.25, 0.3) is 0 Å². The molecule has 0 amide bonds. The molecule has 1 heterocycles. The molecule has 1 N–H and O–H groups in total. The van der Waals surface area contributed by atoms with Crippen molar-refractivity contribution in [3.05, 3.63) is 56.2 Å². The molecule has 22 heavy (non-hydrogen) atoms. The number of benzene rings is 1. The second kappa shape index (κ2) is 8.53. The Morgan fingerprint density at radius 2 is 2.18 bits per heavy atom. The lowest BCUT2D eigenvalue weighted by Crippen LogP contribution is -2.26. The van der Waals surface area contributed by atoms with Crippen LogP contribution in [0.15, 0.2) is 35.7 Å². The summed E-state index contributed by atoms with van der Waals surface area (Å²) in [5.74, 6) is -0.278. The van der Waals surface area contributed by atoms with E-state index in [1.54, 1.807) is 23.5 Å². The number of esters is 1. The van der Waals surface area contributed by atoms with Crippen molar-refractivity contribution in [3.8, 4) is 0 Å². The molecule has 0 bridgehead atoms. The molecule has 3 nitrogen and oxygen atoms in total. The lowest BCUT2D eigenvalue weighted by atomic mass is 10.0. The molecule has 1 atom stereocenters. The molecule has 6 heteroatoms. The number of ether oxygens (including phenoxy) is 1. The minimum Gasteiger partial charge on any atom is -0.469 e. The Hall–Kier alpha value is -1.07. The van der Waals surface area contributed by atoms with Gasteiger partial charge in [-0.05, 0) is 35.6 Å². The van der Waals surface area contributed by atoms with E-state index in [1.165, 1.54) is 12.0 Å². The van der Waals surface area contributed by atoms with E-state index in [0.29, 0.717) is 10.0 Å². The predicted molar refractivity (Wildman–Crippen MR) is 91.9 cm³/mol. The summed E-state index contributed by atoms with van der Waals surface area (Å²) in [5, 5.41) is 6.55. The highest BCUT2D eigenvalue weighted by molar-refractivity contribution is 7.09. The normalized spacial score (nSPS) is 12.1. The maximum Gasteiger partial charge on any atom is 0.307 e. The predicted octanol–water partition coefficient (Wildman–Crippen LogP) is 4.49. The van der Waals surface area contributed by atoms with Gasteiger partial charge < -0.3 is 10.1 Å². The van der Waals surface area contributed by atoms with Crippen molar-refractivity contribution in [2.75, 3.05) is 13.7 Å². The summed E-state index contributed by atoms with van der Waals surface area (Å²) in [6, 6.07) is 9.23. The van der Waals surface area contributed by atoms with Crippen molar-refractivity contribution < 1.29 is 9.53 Å².